The smallest absolute Gasteiger partial charge is 0.220 e. The zero-order chi connectivity index (χ0) is 13.6. The first kappa shape index (κ1) is 15.4. The van der Waals surface area contributed by atoms with Crippen molar-refractivity contribution in [3.05, 3.63) is 0 Å². The summed E-state index contributed by atoms with van der Waals surface area (Å²) >= 11 is 0. The highest BCUT2D eigenvalue weighted by molar-refractivity contribution is 5.76. The highest BCUT2D eigenvalue weighted by Gasteiger charge is 2.26. The summed E-state index contributed by atoms with van der Waals surface area (Å²) in [6.45, 7) is 9.02. The van der Waals surface area contributed by atoms with Gasteiger partial charge in [0.1, 0.15) is 0 Å². The third-order valence-corrected chi connectivity index (χ3v) is 3.69. The molecule has 4 nitrogen and oxygen atoms in total. The molecule has 1 aliphatic heterocycles. The number of rotatable bonds is 7. The summed E-state index contributed by atoms with van der Waals surface area (Å²) in [4.78, 5) is 12.0. The van der Waals surface area contributed by atoms with Crippen LogP contribution >= 0.6 is 0 Å². The molecule has 0 bridgehead atoms. The lowest BCUT2D eigenvalue weighted by Gasteiger charge is -2.31. The van der Waals surface area contributed by atoms with Crippen molar-refractivity contribution in [2.45, 2.75) is 52.0 Å². The number of carbonyl (C=O) groups excluding carboxylic acids is 1. The standard InChI is InChI=1S/C14H29N3O/c1-11(2)8-14(3,10-15)17-13(18)5-4-12-6-7-16-9-12/h11-12,16H,4-10,15H2,1-3H3,(H,17,18). The van der Waals surface area contributed by atoms with Crippen molar-refractivity contribution in [3.8, 4) is 0 Å². The summed E-state index contributed by atoms with van der Waals surface area (Å²) in [6.07, 6.45) is 3.74. The molecule has 1 amide bonds. The highest BCUT2D eigenvalue weighted by atomic mass is 16.1. The van der Waals surface area contributed by atoms with Crippen molar-refractivity contribution in [1.29, 1.82) is 0 Å². The molecule has 1 heterocycles. The van der Waals surface area contributed by atoms with E-state index in [2.05, 4.69) is 24.5 Å². The van der Waals surface area contributed by atoms with Crippen LogP contribution in [-0.4, -0.2) is 31.1 Å². The van der Waals surface area contributed by atoms with Gasteiger partial charge in [0.2, 0.25) is 5.91 Å². The third kappa shape index (κ3) is 5.36. The van der Waals surface area contributed by atoms with Gasteiger partial charge in [-0.05, 0) is 51.1 Å². The molecule has 1 aliphatic rings. The topological polar surface area (TPSA) is 67.1 Å². The molecule has 106 valence electrons. The van der Waals surface area contributed by atoms with E-state index in [0.29, 0.717) is 24.8 Å². The van der Waals surface area contributed by atoms with Gasteiger partial charge in [0.15, 0.2) is 0 Å². The molecular formula is C14H29N3O. The summed E-state index contributed by atoms with van der Waals surface area (Å²) in [5.41, 5.74) is 5.55. The van der Waals surface area contributed by atoms with Gasteiger partial charge in [-0.1, -0.05) is 13.8 Å². The second kappa shape index (κ2) is 7.10. The number of hydrogen-bond donors (Lipinski definition) is 3. The SMILES string of the molecule is CC(C)CC(C)(CN)NC(=O)CCC1CCNC1. The monoisotopic (exact) mass is 255 g/mol. The predicted molar refractivity (Wildman–Crippen MR) is 75.3 cm³/mol. The van der Waals surface area contributed by atoms with E-state index in [1.807, 2.05) is 6.92 Å². The molecule has 0 saturated carbocycles. The summed E-state index contributed by atoms with van der Waals surface area (Å²) in [5.74, 6) is 1.36. The predicted octanol–water partition coefficient (Wildman–Crippen LogP) is 1.26. The van der Waals surface area contributed by atoms with Crippen molar-refractivity contribution < 1.29 is 4.79 Å². The largest absolute Gasteiger partial charge is 0.350 e. The quantitative estimate of drug-likeness (QED) is 0.641. The molecule has 0 aromatic carbocycles. The number of amides is 1. The first-order valence-electron chi connectivity index (χ1n) is 7.17. The van der Waals surface area contributed by atoms with E-state index in [-0.39, 0.29) is 11.4 Å². The molecule has 0 spiro atoms. The fourth-order valence-electron chi connectivity index (χ4n) is 2.78. The van der Waals surface area contributed by atoms with Crippen LogP contribution in [0.5, 0.6) is 0 Å². The van der Waals surface area contributed by atoms with Crippen LogP contribution in [0.15, 0.2) is 0 Å². The molecule has 0 aromatic rings. The minimum atomic E-state index is -0.251. The van der Waals surface area contributed by atoms with Crippen molar-refractivity contribution >= 4 is 5.91 Å². The van der Waals surface area contributed by atoms with Crippen molar-refractivity contribution in [3.63, 3.8) is 0 Å². The van der Waals surface area contributed by atoms with Crippen molar-refractivity contribution in [2.75, 3.05) is 19.6 Å². The Morgan fingerprint density at radius 1 is 1.56 bits per heavy atom. The average Bonchev–Trinajstić information content (AvgIpc) is 2.78. The first-order valence-corrected chi connectivity index (χ1v) is 7.17. The van der Waals surface area contributed by atoms with E-state index in [4.69, 9.17) is 5.73 Å². The third-order valence-electron chi connectivity index (χ3n) is 3.69. The molecule has 4 N–H and O–H groups in total. The molecule has 2 unspecified atom stereocenters. The Morgan fingerprint density at radius 2 is 2.28 bits per heavy atom. The molecular weight excluding hydrogens is 226 g/mol. The Kier molecular flexibility index (Phi) is 6.09. The minimum absolute atomic E-state index is 0.149. The van der Waals surface area contributed by atoms with Gasteiger partial charge in [0.05, 0.1) is 0 Å². The minimum Gasteiger partial charge on any atom is -0.350 e. The van der Waals surface area contributed by atoms with Crippen LogP contribution in [0.3, 0.4) is 0 Å². The average molecular weight is 255 g/mol. The second-order valence-corrected chi connectivity index (χ2v) is 6.31. The highest BCUT2D eigenvalue weighted by Crippen LogP contribution is 2.17. The lowest BCUT2D eigenvalue weighted by atomic mass is 9.90. The van der Waals surface area contributed by atoms with Crippen LogP contribution in [0.2, 0.25) is 0 Å². The number of nitrogens with two attached hydrogens (primary N) is 1. The van der Waals surface area contributed by atoms with E-state index < -0.39 is 0 Å². The Morgan fingerprint density at radius 3 is 2.78 bits per heavy atom. The first-order chi connectivity index (χ1) is 8.45. The van der Waals surface area contributed by atoms with E-state index in [9.17, 15) is 4.79 Å². The van der Waals surface area contributed by atoms with Gasteiger partial charge in [0.25, 0.3) is 0 Å². The lowest BCUT2D eigenvalue weighted by Crippen LogP contribution is -2.52. The molecule has 4 heteroatoms. The molecule has 0 aromatic heterocycles. The van der Waals surface area contributed by atoms with Gasteiger partial charge < -0.3 is 16.4 Å². The van der Waals surface area contributed by atoms with Gasteiger partial charge in [-0.2, -0.15) is 0 Å². The lowest BCUT2D eigenvalue weighted by molar-refractivity contribution is -0.123. The van der Waals surface area contributed by atoms with Crippen LogP contribution < -0.4 is 16.4 Å². The zero-order valence-electron chi connectivity index (χ0n) is 12.1. The fourth-order valence-corrected chi connectivity index (χ4v) is 2.78. The van der Waals surface area contributed by atoms with Crippen molar-refractivity contribution in [1.82, 2.24) is 10.6 Å². The molecule has 18 heavy (non-hydrogen) atoms. The summed E-state index contributed by atoms with van der Waals surface area (Å²) in [5, 5.41) is 6.44. The molecule has 1 rings (SSSR count). The van der Waals surface area contributed by atoms with Crippen molar-refractivity contribution in [2.24, 2.45) is 17.6 Å². The van der Waals surface area contributed by atoms with Crippen LogP contribution in [0.25, 0.3) is 0 Å². The van der Waals surface area contributed by atoms with E-state index in [1.165, 1.54) is 6.42 Å². The van der Waals surface area contributed by atoms with Crippen LogP contribution in [0, 0.1) is 11.8 Å². The van der Waals surface area contributed by atoms with Crippen LogP contribution in [0.1, 0.15) is 46.5 Å². The molecule has 0 aliphatic carbocycles. The Balaban J connectivity index is 2.31. The van der Waals surface area contributed by atoms with Gasteiger partial charge in [-0.15, -0.1) is 0 Å². The Bertz CT molecular complexity index is 262. The normalized spacial score (nSPS) is 23.1. The fraction of sp³-hybridized carbons (Fsp3) is 0.929. The summed E-state index contributed by atoms with van der Waals surface area (Å²) in [6, 6.07) is 0. The van der Waals surface area contributed by atoms with Gasteiger partial charge in [-0.3, -0.25) is 4.79 Å². The second-order valence-electron chi connectivity index (χ2n) is 6.31. The maximum absolute atomic E-state index is 12.0. The van der Waals surface area contributed by atoms with E-state index >= 15 is 0 Å². The zero-order valence-corrected chi connectivity index (χ0v) is 12.1. The summed E-state index contributed by atoms with van der Waals surface area (Å²) < 4.78 is 0. The maximum atomic E-state index is 12.0. The van der Waals surface area contributed by atoms with E-state index in [0.717, 1.165) is 25.9 Å². The van der Waals surface area contributed by atoms with Gasteiger partial charge in [-0.25, -0.2) is 0 Å². The molecule has 1 saturated heterocycles. The van der Waals surface area contributed by atoms with E-state index in [1.54, 1.807) is 0 Å². The Labute approximate surface area is 111 Å². The molecule has 2 atom stereocenters. The number of nitrogens with one attached hydrogen (secondary N) is 2. The van der Waals surface area contributed by atoms with Crippen LogP contribution in [0.4, 0.5) is 0 Å². The van der Waals surface area contributed by atoms with Gasteiger partial charge in [0, 0.05) is 18.5 Å². The number of hydrogen-bond acceptors (Lipinski definition) is 3. The number of carbonyl (C=O) groups is 1. The summed E-state index contributed by atoms with van der Waals surface area (Å²) in [7, 11) is 0. The maximum Gasteiger partial charge on any atom is 0.220 e. The molecule has 1 fully saturated rings. The Hall–Kier alpha value is -0.610. The molecule has 0 radical (unpaired) electrons. The van der Waals surface area contributed by atoms with Crippen LogP contribution in [-0.2, 0) is 4.79 Å². The van der Waals surface area contributed by atoms with Gasteiger partial charge >= 0.3 is 0 Å².